The molecule has 2 aromatic heterocycles. The minimum absolute atomic E-state index is 0. The van der Waals surface area contributed by atoms with Crippen molar-refractivity contribution in [2.45, 2.75) is 25.7 Å². The Morgan fingerprint density at radius 2 is 1.20 bits per heavy atom. The van der Waals surface area contributed by atoms with E-state index in [1.165, 1.54) is 16.7 Å². The zero-order valence-corrected chi connectivity index (χ0v) is 33.0. The van der Waals surface area contributed by atoms with Gasteiger partial charge in [0.1, 0.15) is 11.6 Å². The first kappa shape index (κ1) is 37.2. The Morgan fingerprint density at radius 1 is 0.582 bits per heavy atom. The van der Waals surface area contributed by atoms with E-state index < -0.39 is 0 Å². The summed E-state index contributed by atoms with van der Waals surface area (Å²) in [5, 5.41) is 11.0. The second-order valence-electron chi connectivity index (χ2n) is 14.0. The van der Waals surface area contributed by atoms with Crippen LogP contribution in [-0.4, -0.2) is 15.1 Å². The Kier molecular flexibility index (Phi) is 11.2. The Hall–Kier alpha value is -6.09. The fourth-order valence-corrected chi connectivity index (χ4v) is 6.96. The summed E-state index contributed by atoms with van der Waals surface area (Å²) in [6.07, 6.45) is 2.68. The molecule has 8 aromatic rings. The quantitative estimate of drug-likeness (QED) is 0.139. The normalized spacial score (nSPS) is 11.1. The zero-order valence-electron chi connectivity index (χ0n) is 30.7. The number of hydrogen-bond donors (Lipinski definition) is 1. The molecule has 0 atom stereocenters. The van der Waals surface area contributed by atoms with Crippen LogP contribution in [0.1, 0.15) is 36.1 Å². The van der Waals surface area contributed by atoms with Gasteiger partial charge in [-0.2, -0.15) is 0 Å². The van der Waals surface area contributed by atoms with Crippen molar-refractivity contribution in [3.63, 3.8) is 0 Å². The number of benzene rings is 6. The molecule has 0 radical (unpaired) electrons. The second-order valence-corrected chi connectivity index (χ2v) is 14.0. The van der Waals surface area contributed by atoms with E-state index in [1.54, 1.807) is 6.07 Å². The van der Waals surface area contributed by atoms with E-state index in [2.05, 4.69) is 140 Å². The topological polar surface area (TPSA) is 49.3 Å². The van der Waals surface area contributed by atoms with Crippen molar-refractivity contribution >= 4 is 17.2 Å². The number of pyridine rings is 2. The summed E-state index contributed by atoms with van der Waals surface area (Å²) in [6.45, 7) is 4.52. The minimum Gasteiger partial charge on any atom is -0.507 e. The van der Waals surface area contributed by atoms with Crippen LogP contribution in [0.15, 0.2) is 188 Å². The third kappa shape index (κ3) is 8.21. The minimum atomic E-state index is -0.368. The van der Waals surface area contributed by atoms with Gasteiger partial charge in [-0.1, -0.05) is 141 Å². The van der Waals surface area contributed by atoms with Crippen molar-refractivity contribution in [2.24, 2.45) is 0 Å². The Balaban J connectivity index is 0.00000465. The van der Waals surface area contributed by atoms with E-state index in [4.69, 9.17) is 9.97 Å². The molecule has 0 spiro atoms. The van der Waals surface area contributed by atoms with Crippen LogP contribution in [0.3, 0.4) is 0 Å². The van der Waals surface area contributed by atoms with E-state index in [0.717, 1.165) is 51.6 Å². The zero-order chi connectivity index (χ0) is 36.9. The molecular weight excluding hydrogens is 854 g/mol. The van der Waals surface area contributed by atoms with Crippen molar-refractivity contribution in [2.75, 3.05) is 4.90 Å². The van der Waals surface area contributed by atoms with E-state index in [1.807, 2.05) is 66.9 Å². The van der Waals surface area contributed by atoms with Gasteiger partial charge >= 0.3 is 0 Å². The second kappa shape index (κ2) is 16.5. The maximum Gasteiger partial charge on any atom is 0.136 e. The molecule has 0 saturated heterocycles. The summed E-state index contributed by atoms with van der Waals surface area (Å²) in [6, 6.07) is 65.9. The van der Waals surface area contributed by atoms with E-state index in [0.29, 0.717) is 11.3 Å². The molecule has 0 saturated carbocycles. The number of aromatic hydroxyl groups is 1. The van der Waals surface area contributed by atoms with Gasteiger partial charge in [0, 0.05) is 38.5 Å². The number of rotatable bonds is 10. The molecule has 0 aliphatic heterocycles. The molecule has 0 fully saturated rings. The fraction of sp³-hybridized carbons (Fsp3) is 0.0800. The molecule has 8 rings (SSSR count). The fourth-order valence-electron chi connectivity index (χ4n) is 6.96. The predicted molar refractivity (Wildman–Crippen MR) is 221 cm³/mol. The van der Waals surface area contributed by atoms with Crippen molar-refractivity contribution in [3.8, 4) is 39.4 Å². The number of phenolic OH excluding ortho intramolecular Hbond substituents is 1. The molecule has 4 nitrogen and oxygen atoms in total. The summed E-state index contributed by atoms with van der Waals surface area (Å²) >= 11 is 0. The van der Waals surface area contributed by atoms with E-state index in [-0.39, 0.29) is 32.2 Å². The van der Waals surface area contributed by atoms with Gasteiger partial charge < -0.3 is 10.0 Å². The maximum atomic E-state index is 11.0. The molecule has 55 heavy (non-hydrogen) atoms. The van der Waals surface area contributed by atoms with Crippen LogP contribution in [0.5, 0.6) is 5.75 Å². The van der Waals surface area contributed by atoms with Crippen LogP contribution in [0.25, 0.3) is 33.6 Å². The number of nitrogens with zero attached hydrogens (tertiary/aromatic N) is 3. The maximum absolute atomic E-state index is 11.0. The number of anilines is 3. The van der Waals surface area contributed by atoms with Crippen molar-refractivity contribution in [1.29, 1.82) is 0 Å². The summed E-state index contributed by atoms with van der Waals surface area (Å²) in [5.74, 6) is 0.966. The molecule has 1 N–H and O–H groups in total. The third-order valence-electron chi connectivity index (χ3n) is 10.0. The van der Waals surface area contributed by atoms with E-state index >= 15 is 0 Å². The van der Waals surface area contributed by atoms with Crippen LogP contribution in [-0.2, 0) is 32.9 Å². The third-order valence-corrected chi connectivity index (χ3v) is 10.0. The molecular formula is C50H40N3OPt-. The first-order valence-electron chi connectivity index (χ1n) is 18.3. The number of phenols is 1. The van der Waals surface area contributed by atoms with Crippen LogP contribution in [0, 0.1) is 6.07 Å². The number of aromatic nitrogens is 2. The van der Waals surface area contributed by atoms with E-state index in [9.17, 15) is 5.11 Å². The predicted octanol–water partition coefficient (Wildman–Crippen LogP) is 12.4. The van der Waals surface area contributed by atoms with Gasteiger partial charge in [0.05, 0.1) is 5.69 Å². The summed E-state index contributed by atoms with van der Waals surface area (Å²) in [7, 11) is 0. The van der Waals surface area contributed by atoms with Gasteiger partial charge in [-0.3, -0.25) is 4.98 Å². The monoisotopic (exact) mass is 893 g/mol. The Labute approximate surface area is 338 Å². The smallest absolute Gasteiger partial charge is 0.136 e. The molecule has 6 aromatic carbocycles. The van der Waals surface area contributed by atoms with Gasteiger partial charge in [0.25, 0.3) is 0 Å². The van der Waals surface area contributed by atoms with Crippen LogP contribution < -0.4 is 4.90 Å². The number of para-hydroxylation sites is 1. The molecule has 0 unspecified atom stereocenters. The molecule has 0 amide bonds. The standard InChI is InChI=1S/C50H40N3O.Pt/c1-50(2,41-20-10-5-11-21-41)42-31-40(46-33-39(38-18-8-4-9-19-38)34-47(52-46)45-22-12-13-23-48(45)54)32-44(35-42)53(49-24-14-15-29-51-49)43-27-25-37(26-28-43)30-36-16-6-3-7-17-36;/h3-29,31,33-35,54H,30H2,1-2H3;/q-1;. The molecule has 0 bridgehead atoms. The van der Waals surface area contributed by atoms with Crippen LogP contribution in [0.2, 0.25) is 0 Å². The molecule has 0 aliphatic carbocycles. The Bertz CT molecular complexity index is 2490. The van der Waals surface area contributed by atoms with Gasteiger partial charge in [0.15, 0.2) is 0 Å². The SMILES string of the molecule is CC(C)(c1ccccc1)c1cc(-c2cc(-c3ccccc3)cc(-c3ccccc3O)n2)[c-]c(N(c2ccc(Cc3ccccc3)cc2)c2ccccn2)c1.[Pt]. The van der Waals surface area contributed by atoms with Gasteiger partial charge in [-0.25, -0.2) is 4.98 Å². The van der Waals surface area contributed by atoms with Crippen LogP contribution in [0.4, 0.5) is 17.2 Å². The van der Waals surface area contributed by atoms with Gasteiger partial charge in [-0.15, -0.1) is 29.3 Å². The first-order chi connectivity index (χ1) is 26.4. The summed E-state index contributed by atoms with van der Waals surface area (Å²) < 4.78 is 0. The largest absolute Gasteiger partial charge is 0.507 e. The van der Waals surface area contributed by atoms with Crippen molar-refractivity contribution in [1.82, 2.24) is 9.97 Å². The molecule has 0 aliphatic rings. The first-order valence-corrected chi connectivity index (χ1v) is 18.3. The van der Waals surface area contributed by atoms with Crippen molar-refractivity contribution in [3.05, 3.63) is 217 Å². The average molecular weight is 894 g/mol. The van der Waals surface area contributed by atoms with Crippen LogP contribution >= 0.6 is 0 Å². The number of hydrogen-bond acceptors (Lipinski definition) is 4. The molecule has 2 heterocycles. The van der Waals surface area contributed by atoms with Crippen molar-refractivity contribution < 1.29 is 26.2 Å². The summed E-state index contributed by atoms with van der Waals surface area (Å²) in [5.41, 5.74) is 11.3. The molecule has 272 valence electrons. The summed E-state index contributed by atoms with van der Waals surface area (Å²) in [4.78, 5) is 12.3. The Morgan fingerprint density at radius 3 is 1.89 bits per heavy atom. The average Bonchev–Trinajstić information content (AvgIpc) is 3.23. The van der Waals surface area contributed by atoms with Gasteiger partial charge in [0.2, 0.25) is 0 Å². The molecule has 5 heteroatoms. The van der Waals surface area contributed by atoms with Gasteiger partial charge in [-0.05, 0) is 93.5 Å².